The molecule has 0 spiro atoms. The van der Waals surface area contributed by atoms with Crippen molar-refractivity contribution in [3.8, 4) is 0 Å². The molecule has 4 rings (SSSR count). The molecule has 6 nitrogen and oxygen atoms in total. The second kappa shape index (κ2) is 5.16. The molecule has 2 aliphatic rings. The van der Waals surface area contributed by atoms with Crippen LogP contribution in [-0.2, 0) is 0 Å². The van der Waals surface area contributed by atoms with Gasteiger partial charge in [-0.3, -0.25) is 15.0 Å². The highest BCUT2D eigenvalue weighted by Gasteiger charge is 2.48. The zero-order valence-corrected chi connectivity index (χ0v) is 13.2. The molecule has 3 heterocycles. The molecule has 0 bridgehead atoms. The van der Waals surface area contributed by atoms with Gasteiger partial charge in [0.25, 0.3) is 0 Å². The Bertz CT molecular complexity index is 766. The van der Waals surface area contributed by atoms with Gasteiger partial charge in [0.1, 0.15) is 11.9 Å². The molecule has 120 valence electrons. The minimum atomic E-state index is -0.309. The quantitative estimate of drug-likeness (QED) is 0.643. The molecular formula is C17H20N4O2. The molecular weight excluding hydrogens is 292 g/mol. The second-order valence-corrected chi connectivity index (χ2v) is 6.50. The number of hydrogen-bond acceptors (Lipinski definition) is 5. The average molecular weight is 312 g/mol. The van der Waals surface area contributed by atoms with E-state index in [-0.39, 0.29) is 16.3 Å². The lowest BCUT2D eigenvalue weighted by atomic mass is 10.0. The first-order valence-corrected chi connectivity index (χ1v) is 8.14. The zero-order chi connectivity index (χ0) is 16.0. The fraction of sp³-hybridized carbons (Fsp3) is 0.471. The zero-order valence-electron chi connectivity index (χ0n) is 13.2. The lowest BCUT2D eigenvalue weighted by molar-refractivity contribution is -0.384. The smallest absolute Gasteiger partial charge is 0.311 e. The largest absolute Gasteiger partial charge is 0.350 e. The fourth-order valence-corrected chi connectivity index (χ4v) is 4.43. The number of anilines is 1. The van der Waals surface area contributed by atoms with Crippen molar-refractivity contribution in [3.05, 3.63) is 40.6 Å². The van der Waals surface area contributed by atoms with Gasteiger partial charge in [-0.05, 0) is 31.7 Å². The molecule has 0 saturated carbocycles. The van der Waals surface area contributed by atoms with Crippen molar-refractivity contribution >= 4 is 22.3 Å². The Kier molecular flexibility index (Phi) is 3.23. The SMILES string of the molecule is CN(c1c([N+](=O)[O-])cnc2ccccc12)C12CCCN1CCC2. The van der Waals surface area contributed by atoms with E-state index in [9.17, 15) is 10.1 Å². The first kappa shape index (κ1) is 14.4. The third-order valence-electron chi connectivity index (χ3n) is 5.48. The number of fused-ring (bicyclic) bond motifs is 2. The van der Waals surface area contributed by atoms with Gasteiger partial charge in [-0.2, -0.15) is 0 Å². The Balaban J connectivity index is 1.93. The summed E-state index contributed by atoms with van der Waals surface area (Å²) in [6.45, 7) is 2.17. The van der Waals surface area contributed by atoms with Gasteiger partial charge in [-0.15, -0.1) is 0 Å². The summed E-state index contributed by atoms with van der Waals surface area (Å²) >= 11 is 0. The molecule has 2 aliphatic heterocycles. The summed E-state index contributed by atoms with van der Waals surface area (Å²) in [7, 11) is 2.01. The summed E-state index contributed by atoms with van der Waals surface area (Å²) in [5.74, 6) is 0. The van der Waals surface area contributed by atoms with Gasteiger partial charge in [-0.25, -0.2) is 4.98 Å². The van der Waals surface area contributed by atoms with E-state index in [0.717, 1.165) is 49.7 Å². The number of benzene rings is 1. The number of hydrogen-bond donors (Lipinski definition) is 0. The van der Waals surface area contributed by atoms with E-state index in [0.29, 0.717) is 5.69 Å². The molecule has 0 aliphatic carbocycles. The maximum Gasteiger partial charge on any atom is 0.311 e. The van der Waals surface area contributed by atoms with E-state index in [1.807, 2.05) is 31.3 Å². The fourth-order valence-electron chi connectivity index (χ4n) is 4.43. The third-order valence-corrected chi connectivity index (χ3v) is 5.48. The highest BCUT2D eigenvalue weighted by molar-refractivity contribution is 5.96. The molecule has 0 unspecified atom stereocenters. The van der Waals surface area contributed by atoms with Crippen molar-refractivity contribution in [2.24, 2.45) is 0 Å². The first-order chi connectivity index (χ1) is 11.1. The van der Waals surface area contributed by atoms with Gasteiger partial charge < -0.3 is 4.90 Å². The summed E-state index contributed by atoms with van der Waals surface area (Å²) in [4.78, 5) is 20.2. The number of nitro groups is 1. The average Bonchev–Trinajstić information content (AvgIpc) is 3.13. The number of rotatable bonds is 3. The van der Waals surface area contributed by atoms with Crippen LogP contribution < -0.4 is 4.90 Å². The van der Waals surface area contributed by atoms with E-state index < -0.39 is 0 Å². The van der Waals surface area contributed by atoms with Gasteiger partial charge in [0, 0.05) is 25.5 Å². The lowest BCUT2D eigenvalue weighted by Crippen LogP contribution is -2.52. The predicted molar refractivity (Wildman–Crippen MR) is 89.6 cm³/mol. The van der Waals surface area contributed by atoms with Crippen LogP contribution in [0.4, 0.5) is 11.4 Å². The van der Waals surface area contributed by atoms with E-state index in [1.54, 1.807) is 0 Å². The molecule has 0 atom stereocenters. The maximum absolute atomic E-state index is 11.6. The highest BCUT2D eigenvalue weighted by Crippen LogP contribution is 2.46. The van der Waals surface area contributed by atoms with E-state index in [1.165, 1.54) is 6.20 Å². The van der Waals surface area contributed by atoms with Crippen LogP contribution in [0.25, 0.3) is 10.9 Å². The van der Waals surface area contributed by atoms with Gasteiger partial charge in [0.2, 0.25) is 0 Å². The van der Waals surface area contributed by atoms with E-state index in [4.69, 9.17) is 0 Å². The number of nitrogens with zero attached hydrogens (tertiary/aromatic N) is 4. The summed E-state index contributed by atoms with van der Waals surface area (Å²) in [6.07, 6.45) is 5.84. The summed E-state index contributed by atoms with van der Waals surface area (Å²) < 4.78 is 0. The second-order valence-electron chi connectivity index (χ2n) is 6.50. The van der Waals surface area contributed by atoms with Gasteiger partial charge in [0.05, 0.1) is 16.1 Å². The standard InChI is InChI=1S/C17H20N4O2/c1-19(17-8-4-10-20(17)11-5-9-17)16-13-6-2-3-7-14(13)18-12-15(16)21(22)23/h2-3,6-7,12H,4-5,8-11H2,1H3. The first-order valence-electron chi connectivity index (χ1n) is 8.14. The Morgan fingerprint density at radius 1 is 1.26 bits per heavy atom. The van der Waals surface area contributed by atoms with Crippen molar-refractivity contribution in [1.29, 1.82) is 0 Å². The molecule has 23 heavy (non-hydrogen) atoms. The van der Waals surface area contributed by atoms with Crippen LogP contribution in [0.15, 0.2) is 30.5 Å². The number of para-hydroxylation sites is 1. The van der Waals surface area contributed by atoms with Crippen molar-refractivity contribution in [3.63, 3.8) is 0 Å². The van der Waals surface area contributed by atoms with Crippen molar-refractivity contribution in [2.75, 3.05) is 25.0 Å². The Morgan fingerprint density at radius 3 is 2.65 bits per heavy atom. The van der Waals surface area contributed by atoms with Crippen molar-refractivity contribution < 1.29 is 4.92 Å². The number of aromatic nitrogens is 1. The van der Waals surface area contributed by atoms with Crippen LogP contribution in [0.2, 0.25) is 0 Å². The summed E-state index contributed by atoms with van der Waals surface area (Å²) in [5.41, 5.74) is 1.53. The van der Waals surface area contributed by atoms with Crippen LogP contribution in [0.3, 0.4) is 0 Å². The van der Waals surface area contributed by atoms with Crippen molar-refractivity contribution in [2.45, 2.75) is 31.3 Å². The highest BCUT2D eigenvalue weighted by atomic mass is 16.6. The van der Waals surface area contributed by atoms with Crippen LogP contribution in [0.5, 0.6) is 0 Å². The topological polar surface area (TPSA) is 62.5 Å². The molecule has 2 aromatic rings. The molecule has 0 N–H and O–H groups in total. The molecule has 6 heteroatoms. The molecule has 1 aromatic carbocycles. The number of pyridine rings is 1. The molecule has 0 radical (unpaired) electrons. The van der Waals surface area contributed by atoms with Crippen LogP contribution in [0.1, 0.15) is 25.7 Å². The predicted octanol–water partition coefficient (Wildman–Crippen LogP) is 3.17. The molecule has 2 saturated heterocycles. The van der Waals surface area contributed by atoms with Gasteiger partial charge in [0.15, 0.2) is 0 Å². The van der Waals surface area contributed by atoms with Gasteiger partial charge in [-0.1, -0.05) is 18.2 Å². The minimum absolute atomic E-state index is 0.0745. The van der Waals surface area contributed by atoms with E-state index in [2.05, 4.69) is 14.8 Å². The normalized spacial score (nSPS) is 19.9. The minimum Gasteiger partial charge on any atom is -0.350 e. The monoisotopic (exact) mass is 312 g/mol. The Hall–Kier alpha value is -2.21. The van der Waals surface area contributed by atoms with Gasteiger partial charge >= 0.3 is 5.69 Å². The lowest BCUT2D eigenvalue weighted by Gasteiger charge is -2.42. The van der Waals surface area contributed by atoms with E-state index >= 15 is 0 Å². The third kappa shape index (κ3) is 2.01. The summed E-state index contributed by atoms with van der Waals surface area (Å²) in [6, 6.07) is 7.69. The Morgan fingerprint density at radius 2 is 1.96 bits per heavy atom. The van der Waals surface area contributed by atoms with Crippen molar-refractivity contribution in [1.82, 2.24) is 9.88 Å². The van der Waals surface area contributed by atoms with Crippen LogP contribution in [0, 0.1) is 10.1 Å². The Labute approximate surface area is 134 Å². The summed E-state index contributed by atoms with van der Waals surface area (Å²) in [5, 5.41) is 12.5. The molecule has 0 amide bonds. The van der Waals surface area contributed by atoms with Crippen LogP contribution in [-0.4, -0.2) is 40.6 Å². The molecule has 2 fully saturated rings. The molecule has 1 aromatic heterocycles. The maximum atomic E-state index is 11.6. The van der Waals surface area contributed by atoms with Crippen LogP contribution >= 0.6 is 0 Å².